The highest BCUT2D eigenvalue weighted by Crippen LogP contribution is 2.29. The van der Waals surface area contributed by atoms with E-state index in [2.05, 4.69) is 36.2 Å². The highest BCUT2D eigenvalue weighted by atomic mass is 16.4. The topological polar surface area (TPSA) is 62.6 Å². The van der Waals surface area contributed by atoms with Crippen LogP contribution in [-0.2, 0) is 6.42 Å². The highest BCUT2D eigenvalue weighted by molar-refractivity contribution is 6.03. The fraction of sp³-hybridized carbons (Fsp3) is 0.455. The molecule has 0 saturated carbocycles. The largest absolute Gasteiger partial charge is 0.455 e. The van der Waals surface area contributed by atoms with Crippen LogP contribution in [0.15, 0.2) is 34.7 Å². The Morgan fingerprint density at radius 2 is 1.89 bits per heavy atom. The normalized spacial score (nSPS) is 14.9. The lowest BCUT2D eigenvalue weighted by atomic mass is 9.94. The third-order valence-electron chi connectivity index (χ3n) is 5.41. The Balaban J connectivity index is 1.78. The quantitative estimate of drug-likeness (QED) is 0.805. The number of furan rings is 1. The molecule has 1 aromatic heterocycles. The molecule has 0 radical (unpaired) electrons. The maximum absolute atomic E-state index is 12.8. The van der Waals surface area contributed by atoms with Gasteiger partial charge < -0.3 is 9.73 Å². The Kier molecular flexibility index (Phi) is 6.11. The van der Waals surface area contributed by atoms with E-state index in [1.54, 1.807) is 6.92 Å². The average molecular weight is 368 g/mol. The van der Waals surface area contributed by atoms with Gasteiger partial charge in [0, 0.05) is 24.9 Å². The number of hydrogen-bond donors (Lipinski definition) is 1. The number of fused-ring (bicyclic) bond motifs is 1. The van der Waals surface area contributed by atoms with Crippen molar-refractivity contribution in [2.45, 2.75) is 46.1 Å². The van der Waals surface area contributed by atoms with E-state index in [1.165, 1.54) is 5.56 Å². The number of carbonyl (C=O) groups excluding carboxylic acids is 2. The zero-order valence-corrected chi connectivity index (χ0v) is 16.4. The Hall–Kier alpha value is -2.40. The van der Waals surface area contributed by atoms with Crippen molar-refractivity contribution in [2.24, 2.45) is 0 Å². The number of Topliss-reactive ketones (excluding diaryl/α,β-unsaturated/α-hetero) is 1. The van der Waals surface area contributed by atoms with Crippen LogP contribution in [0.3, 0.4) is 0 Å². The molecule has 5 nitrogen and oxygen atoms in total. The van der Waals surface area contributed by atoms with Gasteiger partial charge >= 0.3 is 0 Å². The van der Waals surface area contributed by atoms with Crippen LogP contribution in [0.1, 0.15) is 70.5 Å². The minimum absolute atomic E-state index is 0.0850. The summed E-state index contributed by atoms with van der Waals surface area (Å²) in [6.07, 6.45) is 2.05. The van der Waals surface area contributed by atoms with Crippen molar-refractivity contribution in [1.82, 2.24) is 10.2 Å². The van der Waals surface area contributed by atoms with Crippen molar-refractivity contribution >= 4 is 11.7 Å². The number of nitrogens with zero attached hydrogens (tertiary/aromatic N) is 1. The maximum Gasteiger partial charge on any atom is 0.287 e. The Bertz CT molecular complexity index is 806. The molecule has 1 N–H and O–H groups in total. The van der Waals surface area contributed by atoms with Gasteiger partial charge in [-0.05, 0) is 32.0 Å². The number of nitrogens with one attached hydrogen (secondary N) is 1. The molecule has 27 heavy (non-hydrogen) atoms. The zero-order valence-electron chi connectivity index (χ0n) is 16.4. The van der Waals surface area contributed by atoms with Crippen molar-refractivity contribution < 1.29 is 14.0 Å². The van der Waals surface area contributed by atoms with Crippen molar-refractivity contribution in [2.75, 3.05) is 19.6 Å². The molecule has 0 bridgehead atoms. The van der Waals surface area contributed by atoms with Crippen LogP contribution in [-0.4, -0.2) is 36.2 Å². The molecule has 1 heterocycles. The summed E-state index contributed by atoms with van der Waals surface area (Å²) in [4.78, 5) is 27.3. The van der Waals surface area contributed by atoms with Crippen LogP contribution in [0.5, 0.6) is 0 Å². The number of likely N-dealkylation sites (N-methyl/N-ethyl adjacent to an activating group) is 1. The summed E-state index contributed by atoms with van der Waals surface area (Å²) in [5.41, 5.74) is 2.47. The predicted molar refractivity (Wildman–Crippen MR) is 105 cm³/mol. The van der Waals surface area contributed by atoms with Gasteiger partial charge in [-0.15, -0.1) is 0 Å². The average Bonchev–Trinajstić information content (AvgIpc) is 3.03. The summed E-state index contributed by atoms with van der Waals surface area (Å²) >= 11 is 0. The first-order valence-corrected chi connectivity index (χ1v) is 9.79. The van der Waals surface area contributed by atoms with Crippen LogP contribution in [0.4, 0.5) is 0 Å². The summed E-state index contributed by atoms with van der Waals surface area (Å²) in [7, 11) is 0. The summed E-state index contributed by atoms with van der Waals surface area (Å²) in [5.74, 6) is 0.781. The van der Waals surface area contributed by atoms with Crippen LogP contribution in [0.2, 0.25) is 0 Å². The van der Waals surface area contributed by atoms with Gasteiger partial charge in [-0.2, -0.15) is 0 Å². The lowest BCUT2D eigenvalue weighted by molar-refractivity contribution is 0.0902. The number of rotatable bonds is 7. The summed E-state index contributed by atoms with van der Waals surface area (Å²) in [6, 6.07) is 10.3. The molecular formula is C22H28N2O3. The third-order valence-corrected chi connectivity index (χ3v) is 5.41. The number of carbonyl (C=O) groups is 2. The summed E-state index contributed by atoms with van der Waals surface area (Å²) < 4.78 is 5.77. The van der Waals surface area contributed by atoms with Crippen LogP contribution < -0.4 is 5.32 Å². The van der Waals surface area contributed by atoms with Gasteiger partial charge in [0.25, 0.3) is 5.91 Å². The van der Waals surface area contributed by atoms with Crippen molar-refractivity contribution in [3.8, 4) is 0 Å². The molecule has 1 amide bonds. The Morgan fingerprint density at radius 1 is 1.19 bits per heavy atom. The van der Waals surface area contributed by atoms with Crippen LogP contribution in [0.25, 0.3) is 0 Å². The molecule has 1 atom stereocenters. The van der Waals surface area contributed by atoms with E-state index in [4.69, 9.17) is 4.42 Å². The highest BCUT2D eigenvalue weighted by Gasteiger charge is 2.29. The smallest absolute Gasteiger partial charge is 0.287 e. The number of benzene rings is 1. The van der Waals surface area contributed by atoms with E-state index in [-0.39, 0.29) is 23.5 Å². The van der Waals surface area contributed by atoms with Crippen LogP contribution in [0, 0.1) is 6.92 Å². The second kappa shape index (κ2) is 8.53. The molecule has 1 aromatic carbocycles. The standard InChI is InChI=1S/C22H28N2O3/c1-4-24(5-2)17(16-10-7-6-8-11-16)14-23-22(26)21-15(3)20-18(25)12-9-13-19(20)27-21/h6-8,10-11,17H,4-5,9,12-14H2,1-3H3,(H,23,26)/t17-/m1/s1. The van der Waals surface area contributed by atoms with Gasteiger partial charge in [-0.25, -0.2) is 0 Å². The van der Waals surface area contributed by atoms with E-state index in [0.717, 1.165) is 25.9 Å². The first-order chi connectivity index (χ1) is 13.1. The van der Waals surface area contributed by atoms with Crippen LogP contribution >= 0.6 is 0 Å². The molecule has 0 saturated heterocycles. The third kappa shape index (κ3) is 3.98. The minimum atomic E-state index is -0.247. The first kappa shape index (κ1) is 19.4. The summed E-state index contributed by atoms with van der Waals surface area (Å²) in [5, 5.41) is 3.03. The van der Waals surface area contributed by atoms with E-state index >= 15 is 0 Å². The molecule has 0 spiro atoms. The first-order valence-electron chi connectivity index (χ1n) is 9.79. The number of amides is 1. The number of hydrogen-bond acceptors (Lipinski definition) is 4. The SMILES string of the molecule is CCN(CC)[C@H](CNC(=O)c1oc2c(c1C)C(=O)CCC2)c1ccccc1. The second-order valence-corrected chi connectivity index (χ2v) is 6.99. The molecule has 1 aliphatic carbocycles. The molecule has 1 aliphatic rings. The van der Waals surface area contributed by atoms with Gasteiger partial charge in [-0.1, -0.05) is 44.2 Å². The molecule has 3 rings (SSSR count). The van der Waals surface area contributed by atoms with E-state index in [0.29, 0.717) is 29.9 Å². The number of aryl methyl sites for hydroxylation is 1. The van der Waals surface area contributed by atoms with Gasteiger partial charge in [0.1, 0.15) is 5.76 Å². The molecule has 2 aromatic rings. The maximum atomic E-state index is 12.8. The van der Waals surface area contributed by atoms with E-state index in [9.17, 15) is 9.59 Å². The van der Waals surface area contributed by atoms with Crippen molar-refractivity contribution in [3.63, 3.8) is 0 Å². The number of ketones is 1. The lowest BCUT2D eigenvalue weighted by Gasteiger charge is -2.30. The fourth-order valence-electron chi connectivity index (χ4n) is 3.93. The summed E-state index contributed by atoms with van der Waals surface area (Å²) in [6.45, 7) is 8.33. The van der Waals surface area contributed by atoms with E-state index < -0.39 is 0 Å². The van der Waals surface area contributed by atoms with Gasteiger partial charge in [0.05, 0.1) is 11.6 Å². The minimum Gasteiger partial charge on any atom is -0.455 e. The molecule has 0 unspecified atom stereocenters. The lowest BCUT2D eigenvalue weighted by Crippen LogP contribution is -2.38. The van der Waals surface area contributed by atoms with Crippen molar-refractivity contribution in [3.05, 3.63) is 58.5 Å². The molecule has 144 valence electrons. The van der Waals surface area contributed by atoms with Gasteiger partial charge in [-0.3, -0.25) is 14.5 Å². The second-order valence-electron chi connectivity index (χ2n) is 6.99. The van der Waals surface area contributed by atoms with E-state index in [1.807, 2.05) is 18.2 Å². The molecular weight excluding hydrogens is 340 g/mol. The molecule has 0 aliphatic heterocycles. The Labute approximate surface area is 160 Å². The van der Waals surface area contributed by atoms with Gasteiger partial charge in [0.15, 0.2) is 11.5 Å². The fourth-order valence-corrected chi connectivity index (χ4v) is 3.93. The predicted octanol–water partition coefficient (Wildman–Crippen LogP) is 3.92. The van der Waals surface area contributed by atoms with Crippen molar-refractivity contribution in [1.29, 1.82) is 0 Å². The zero-order chi connectivity index (χ0) is 19.4. The van der Waals surface area contributed by atoms with Gasteiger partial charge in [0.2, 0.25) is 0 Å². The monoisotopic (exact) mass is 368 g/mol. The Morgan fingerprint density at radius 3 is 2.52 bits per heavy atom. The molecule has 0 fully saturated rings. The molecule has 5 heteroatoms.